The Morgan fingerprint density at radius 3 is 2.93 bits per heavy atom. The maximum absolute atomic E-state index is 10.7. The number of rotatable bonds is 5. The number of primary amides is 1. The number of nitrogens with zero attached hydrogens (tertiary/aromatic N) is 1. The van der Waals surface area contributed by atoms with Crippen LogP contribution in [0.5, 0.6) is 0 Å². The summed E-state index contributed by atoms with van der Waals surface area (Å²) in [7, 11) is 0. The Hall–Kier alpha value is -1.46. The summed E-state index contributed by atoms with van der Waals surface area (Å²) in [6, 6.07) is 3.27. The maximum atomic E-state index is 10.7. The molecule has 1 amide bonds. The molecule has 0 spiro atoms. The standard InChI is InChI=1S/C10H16N4O/c1-7(8-3-2-4-13-5-8)14-6-9(11)10(12)15/h2-5,7,9,14H,6,11H2,1H3,(H2,12,15)/t7-,9?/m0/s1. The van der Waals surface area contributed by atoms with E-state index in [9.17, 15) is 4.79 Å². The summed E-state index contributed by atoms with van der Waals surface area (Å²) in [6.45, 7) is 2.34. The van der Waals surface area contributed by atoms with Gasteiger partial charge in [0.2, 0.25) is 5.91 Å². The molecule has 0 fully saturated rings. The summed E-state index contributed by atoms with van der Waals surface area (Å²) in [5.41, 5.74) is 11.6. The Balaban J connectivity index is 2.43. The molecule has 5 heteroatoms. The van der Waals surface area contributed by atoms with Crippen molar-refractivity contribution in [1.82, 2.24) is 10.3 Å². The first-order valence-electron chi connectivity index (χ1n) is 4.79. The van der Waals surface area contributed by atoms with Crippen LogP contribution in [-0.2, 0) is 4.79 Å². The zero-order valence-corrected chi connectivity index (χ0v) is 8.68. The van der Waals surface area contributed by atoms with E-state index in [1.54, 1.807) is 12.4 Å². The van der Waals surface area contributed by atoms with Crippen LogP contribution in [0.4, 0.5) is 0 Å². The highest BCUT2D eigenvalue weighted by atomic mass is 16.1. The zero-order chi connectivity index (χ0) is 11.3. The normalized spacial score (nSPS) is 14.5. The summed E-state index contributed by atoms with van der Waals surface area (Å²) in [4.78, 5) is 14.7. The van der Waals surface area contributed by atoms with Crippen molar-refractivity contribution in [2.75, 3.05) is 6.54 Å². The number of carbonyl (C=O) groups excluding carboxylic acids is 1. The van der Waals surface area contributed by atoms with E-state index in [0.717, 1.165) is 5.56 Å². The molecule has 0 aromatic carbocycles. The molecule has 1 aromatic heterocycles. The van der Waals surface area contributed by atoms with Crippen LogP contribution in [0, 0.1) is 0 Å². The number of nitrogens with two attached hydrogens (primary N) is 2. The first-order chi connectivity index (χ1) is 7.11. The molecule has 5 N–H and O–H groups in total. The van der Waals surface area contributed by atoms with Gasteiger partial charge in [-0.1, -0.05) is 6.07 Å². The Morgan fingerprint density at radius 2 is 2.40 bits per heavy atom. The molecule has 1 rings (SSSR count). The van der Waals surface area contributed by atoms with Crippen molar-refractivity contribution in [2.24, 2.45) is 11.5 Å². The highest BCUT2D eigenvalue weighted by Gasteiger charge is 2.11. The van der Waals surface area contributed by atoms with E-state index in [2.05, 4.69) is 10.3 Å². The van der Waals surface area contributed by atoms with Crippen molar-refractivity contribution in [1.29, 1.82) is 0 Å². The minimum atomic E-state index is -0.649. The topological polar surface area (TPSA) is 94.0 Å². The third-order valence-electron chi connectivity index (χ3n) is 2.19. The fourth-order valence-electron chi connectivity index (χ4n) is 1.15. The van der Waals surface area contributed by atoms with Crippen LogP contribution in [0.25, 0.3) is 0 Å². The van der Waals surface area contributed by atoms with Crippen LogP contribution in [0.1, 0.15) is 18.5 Å². The summed E-state index contributed by atoms with van der Waals surface area (Å²) >= 11 is 0. The van der Waals surface area contributed by atoms with Gasteiger partial charge in [0.05, 0.1) is 6.04 Å². The van der Waals surface area contributed by atoms with Crippen LogP contribution in [-0.4, -0.2) is 23.5 Å². The molecule has 1 unspecified atom stereocenters. The van der Waals surface area contributed by atoms with E-state index in [1.165, 1.54) is 0 Å². The van der Waals surface area contributed by atoms with Crippen molar-refractivity contribution in [3.05, 3.63) is 30.1 Å². The number of pyridine rings is 1. The van der Waals surface area contributed by atoms with Gasteiger partial charge in [-0.25, -0.2) is 0 Å². The second kappa shape index (κ2) is 5.43. The molecule has 0 saturated heterocycles. The van der Waals surface area contributed by atoms with Crippen LogP contribution >= 0.6 is 0 Å². The number of hydrogen-bond donors (Lipinski definition) is 3. The average Bonchev–Trinajstić information content (AvgIpc) is 2.26. The highest BCUT2D eigenvalue weighted by molar-refractivity contribution is 5.79. The summed E-state index contributed by atoms with van der Waals surface area (Å²) < 4.78 is 0. The van der Waals surface area contributed by atoms with Crippen molar-refractivity contribution in [3.63, 3.8) is 0 Å². The van der Waals surface area contributed by atoms with Gasteiger partial charge in [-0.2, -0.15) is 0 Å². The molecule has 5 nitrogen and oxygen atoms in total. The zero-order valence-electron chi connectivity index (χ0n) is 8.68. The number of hydrogen-bond acceptors (Lipinski definition) is 4. The van der Waals surface area contributed by atoms with Gasteiger partial charge in [0.1, 0.15) is 0 Å². The van der Waals surface area contributed by atoms with Gasteiger partial charge in [0, 0.05) is 25.0 Å². The lowest BCUT2D eigenvalue weighted by atomic mass is 10.1. The molecule has 1 heterocycles. The summed E-state index contributed by atoms with van der Waals surface area (Å²) in [6.07, 6.45) is 3.48. The van der Waals surface area contributed by atoms with Gasteiger partial charge >= 0.3 is 0 Å². The maximum Gasteiger partial charge on any atom is 0.235 e. The molecular formula is C10H16N4O. The second-order valence-electron chi connectivity index (χ2n) is 3.43. The lowest BCUT2D eigenvalue weighted by Gasteiger charge is -2.15. The van der Waals surface area contributed by atoms with E-state index in [-0.39, 0.29) is 6.04 Å². The van der Waals surface area contributed by atoms with E-state index >= 15 is 0 Å². The largest absolute Gasteiger partial charge is 0.368 e. The molecule has 0 aliphatic rings. The van der Waals surface area contributed by atoms with Crippen molar-refractivity contribution >= 4 is 5.91 Å². The van der Waals surface area contributed by atoms with Crippen LogP contribution < -0.4 is 16.8 Å². The lowest BCUT2D eigenvalue weighted by Crippen LogP contribution is -2.44. The number of carbonyl (C=O) groups is 1. The molecule has 0 bridgehead atoms. The Bertz CT molecular complexity index is 314. The molecule has 0 aliphatic heterocycles. The Morgan fingerprint density at radius 1 is 1.67 bits per heavy atom. The monoisotopic (exact) mass is 208 g/mol. The molecule has 1 aromatic rings. The predicted octanol–water partition coefficient (Wildman–Crippen LogP) is -0.455. The molecule has 0 radical (unpaired) electrons. The SMILES string of the molecule is C[C@H](NCC(N)C(N)=O)c1cccnc1. The smallest absolute Gasteiger partial charge is 0.235 e. The average molecular weight is 208 g/mol. The number of amides is 1. The minimum Gasteiger partial charge on any atom is -0.368 e. The van der Waals surface area contributed by atoms with Crippen LogP contribution in [0.3, 0.4) is 0 Å². The summed E-state index contributed by atoms with van der Waals surface area (Å²) in [5, 5.41) is 3.11. The third kappa shape index (κ3) is 3.65. The fraction of sp³-hybridized carbons (Fsp3) is 0.400. The van der Waals surface area contributed by atoms with Crippen LogP contribution in [0.15, 0.2) is 24.5 Å². The van der Waals surface area contributed by atoms with Gasteiger partial charge in [0.15, 0.2) is 0 Å². The van der Waals surface area contributed by atoms with E-state index in [0.29, 0.717) is 6.54 Å². The van der Waals surface area contributed by atoms with Gasteiger partial charge in [-0.15, -0.1) is 0 Å². The quantitative estimate of drug-likeness (QED) is 0.610. The van der Waals surface area contributed by atoms with E-state index in [4.69, 9.17) is 11.5 Å². The Labute approximate surface area is 88.9 Å². The second-order valence-corrected chi connectivity index (χ2v) is 3.43. The van der Waals surface area contributed by atoms with Gasteiger partial charge in [-0.05, 0) is 18.6 Å². The van der Waals surface area contributed by atoms with Crippen molar-refractivity contribution in [2.45, 2.75) is 19.0 Å². The number of aromatic nitrogens is 1. The molecule has 0 aliphatic carbocycles. The lowest BCUT2D eigenvalue weighted by molar-refractivity contribution is -0.119. The van der Waals surface area contributed by atoms with Crippen molar-refractivity contribution in [3.8, 4) is 0 Å². The molecule has 15 heavy (non-hydrogen) atoms. The van der Waals surface area contributed by atoms with Gasteiger partial charge < -0.3 is 16.8 Å². The van der Waals surface area contributed by atoms with Gasteiger partial charge in [-0.3, -0.25) is 9.78 Å². The number of nitrogens with one attached hydrogen (secondary N) is 1. The molecular weight excluding hydrogens is 192 g/mol. The first kappa shape index (κ1) is 11.6. The van der Waals surface area contributed by atoms with Crippen LogP contribution in [0.2, 0.25) is 0 Å². The first-order valence-corrected chi connectivity index (χ1v) is 4.79. The Kier molecular flexibility index (Phi) is 4.20. The molecule has 82 valence electrons. The predicted molar refractivity (Wildman–Crippen MR) is 57.8 cm³/mol. The fourth-order valence-corrected chi connectivity index (χ4v) is 1.15. The highest BCUT2D eigenvalue weighted by Crippen LogP contribution is 2.08. The third-order valence-corrected chi connectivity index (χ3v) is 2.19. The van der Waals surface area contributed by atoms with Gasteiger partial charge in [0.25, 0.3) is 0 Å². The van der Waals surface area contributed by atoms with Crippen molar-refractivity contribution < 1.29 is 4.79 Å². The van der Waals surface area contributed by atoms with E-state index in [1.807, 2.05) is 19.1 Å². The van der Waals surface area contributed by atoms with E-state index < -0.39 is 11.9 Å². The molecule has 0 saturated carbocycles. The minimum absolute atomic E-state index is 0.101. The molecule has 2 atom stereocenters. The summed E-state index contributed by atoms with van der Waals surface area (Å²) in [5.74, 6) is -0.499.